The molecule has 2 aromatic carbocycles. The Morgan fingerprint density at radius 1 is 1.00 bits per heavy atom. The number of rotatable bonds is 3. The van der Waals surface area contributed by atoms with E-state index in [1.54, 1.807) is 6.07 Å². The summed E-state index contributed by atoms with van der Waals surface area (Å²) in [4.78, 5) is 28.7. The molecule has 3 aromatic rings. The van der Waals surface area contributed by atoms with Gasteiger partial charge in [-0.15, -0.1) is 0 Å². The van der Waals surface area contributed by atoms with Gasteiger partial charge in [0.15, 0.2) is 6.54 Å². The van der Waals surface area contributed by atoms with Crippen LogP contribution >= 0.6 is 0 Å². The molecule has 1 saturated heterocycles. The molecule has 3 heterocycles. The minimum Gasteiger partial charge on any atom is -0.337 e. The van der Waals surface area contributed by atoms with Crippen molar-refractivity contribution in [2.24, 2.45) is 5.92 Å². The van der Waals surface area contributed by atoms with Gasteiger partial charge >= 0.3 is 0 Å². The summed E-state index contributed by atoms with van der Waals surface area (Å²) < 4.78 is 1.97. The maximum Gasteiger partial charge on any atom is 0.277 e. The monoisotopic (exact) mass is 402 g/mol. The predicted molar refractivity (Wildman–Crippen MR) is 119 cm³/mol. The number of likely N-dealkylation sites (N-methyl/N-ethyl adjacent to an activating group) is 1. The molecule has 2 atom stereocenters. The van der Waals surface area contributed by atoms with Crippen molar-refractivity contribution < 1.29 is 9.69 Å². The summed E-state index contributed by atoms with van der Waals surface area (Å²) in [6, 6.07) is 18.5. The summed E-state index contributed by atoms with van der Waals surface area (Å²) >= 11 is 0. The van der Waals surface area contributed by atoms with Crippen molar-refractivity contribution in [3.05, 3.63) is 70.6 Å². The number of benzene rings is 2. The Kier molecular flexibility index (Phi) is 4.70. The lowest BCUT2D eigenvalue weighted by molar-refractivity contribution is -0.849. The molecule has 1 aromatic heterocycles. The molecular weight excluding hydrogens is 374 g/mol. The van der Waals surface area contributed by atoms with Crippen LogP contribution in [0.25, 0.3) is 21.9 Å². The van der Waals surface area contributed by atoms with Crippen LogP contribution in [0.4, 0.5) is 0 Å². The first kappa shape index (κ1) is 19.1. The number of likely N-dealkylation sites (tertiary alicyclic amines) is 1. The molecule has 154 valence electrons. The summed E-state index contributed by atoms with van der Waals surface area (Å²) in [5.74, 6) is 0.764. The van der Waals surface area contributed by atoms with E-state index in [-0.39, 0.29) is 17.4 Å². The fourth-order valence-corrected chi connectivity index (χ4v) is 5.23. The molecule has 0 saturated carbocycles. The van der Waals surface area contributed by atoms with Gasteiger partial charge in [0.05, 0.1) is 14.1 Å². The molecule has 2 aliphatic heterocycles. The molecule has 2 bridgehead atoms. The molecule has 5 heteroatoms. The lowest BCUT2D eigenvalue weighted by atomic mass is 9.80. The maximum absolute atomic E-state index is 12.8. The number of nitrogens with zero attached hydrogens (tertiary/aromatic N) is 2. The van der Waals surface area contributed by atoms with Crippen molar-refractivity contribution in [3.63, 3.8) is 0 Å². The summed E-state index contributed by atoms with van der Waals surface area (Å²) in [6.07, 6.45) is 1.04. The van der Waals surface area contributed by atoms with E-state index in [0.29, 0.717) is 25.6 Å². The fourth-order valence-electron chi connectivity index (χ4n) is 5.23. The third-order valence-electron chi connectivity index (χ3n) is 6.51. The number of pyridine rings is 1. The van der Waals surface area contributed by atoms with Gasteiger partial charge in [0.1, 0.15) is 0 Å². The van der Waals surface area contributed by atoms with E-state index in [2.05, 4.69) is 42.5 Å². The van der Waals surface area contributed by atoms with Crippen LogP contribution in [0, 0.1) is 5.92 Å². The zero-order chi connectivity index (χ0) is 20.8. The van der Waals surface area contributed by atoms with E-state index in [9.17, 15) is 9.59 Å². The highest BCUT2D eigenvalue weighted by molar-refractivity contribution is 5.87. The number of amides is 1. The van der Waals surface area contributed by atoms with Gasteiger partial charge in [0.25, 0.3) is 11.5 Å². The average Bonchev–Trinajstić information content (AvgIpc) is 2.73. The van der Waals surface area contributed by atoms with Crippen LogP contribution in [-0.2, 0) is 11.3 Å². The van der Waals surface area contributed by atoms with Gasteiger partial charge in [-0.25, -0.2) is 0 Å². The van der Waals surface area contributed by atoms with E-state index in [1.165, 1.54) is 10.8 Å². The number of nitrogens with one attached hydrogen (secondary N) is 1. The summed E-state index contributed by atoms with van der Waals surface area (Å²) in [5.41, 5.74) is 3.43. The first-order chi connectivity index (χ1) is 14.5. The SMILES string of the molecule is C[NH+](C)CC(=O)N1C[C@@H]2C[C@H](C1)c1c(-c3ccc4ccccc4c3)ccc(=O)n1C2. The highest BCUT2D eigenvalue weighted by Gasteiger charge is 2.38. The highest BCUT2D eigenvalue weighted by Crippen LogP contribution is 2.40. The molecule has 30 heavy (non-hydrogen) atoms. The Hall–Kier alpha value is -2.92. The van der Waals surface area contributed by atoms with Gasteiger partial charge < -0.3 is 14.4 Å². The lowest BCUT2D eigenvalue weighted by Gasteiger charge is -2.43. The normalized spacial score (nSPS) is 20.4. The smallest absolute Gasteiger partial charge is 0.277 e. The van der Waals surface area contributed by atoms with Crippen LogP contribution in [0.5, 0.6) is 0 Å². The zero-order valence-corrected chi connectivity index (χ0v) is 17.6. The van der Waals surface area contributed by atoms with E-state index < -0.39 is 0 Å². The first-order valence-corrected chi connectivity index (χ1v) is 10.8. The lowest BCUT2D eigenvalue weighted by Crippen LogP contribution is -3.07. The van der Waals surface area contributed by atoms with Crippen LogP contribution < -0.4 is 10.5 Å². The topological polar surface area (TPSA) is 46.8 Å². The van der Waals surface area contributed by atoms with Crippen molar-refractivity contribution in [2.75, 3.05) is 33.7 Å². The number of piperidine rings is 1. The van der Waals surface area contributed by atoms with Gasteiger partial charge in [-0.3, -0.25) is 9.59 Å². The molecule has 0 aliphatic carbocycles. The second-order valence-corrected chi connectivity index (χ2v) is 9.12. The molecular formula is C25H28N3O2+. The fraction of sp³-hybridized carbons (Fsp3) is 0.360. The number of hydrogen-bond donors (Lipinski definition) is 1. The number of quaternary nitrogens is 1. The van der Waals surface area contributed by atoms with Crippen LogP contribution in [-0.4, -0.2) is 49.1 Å². The molecule has 5 nitrogen and oxygen atoms in total. The third kappa shape index (κ3) is 3.33. The van der Waals surface area contributed by atoms with E-state index >= 15 is 0 Å². The van der Waals surface area contributed by atoms with Crippen molar-refractivity contribution >= 4 is 16.7 Å². The summed E-state index contributed by atoms with van der Waals surface area (Å²) in [7, 11) is 4.02. The number of carbonyl (C=O) groups excluding carboxylic acids is 1. The Morgan fingerprint density at radius 3 is 2.60 bits per heavy atom. The number of fused-ring (bicyclic) bond motifs is 5. The molecule has 5 rings (SSSR count). The van der Waals surface area contributed by atoms with E-state index in [4.69, 9.17) is 0 Å². The highest BCUT2D eigenvalue weighted by atomic mass is 16.2. The summed E-state index contributed by atoms with van der Waals surface area (Å²) in [6.45, 7) is 2.67. The number of aromatic nitrogens is 1. The van der Waals surface area contributed by atoms with Crippen LogP contribution in [0.15, 0.2) is 59.4 Å². The minimum absolute atomic E-state index is 0.0711. The molecule has 1 fully saturated rings. The van der Waals surface area contributed by atoms with Crippen molar-refractivity contribution in [3.8, 4) is 11.1 Å². The maximum atomic E-state index is 12.8. The van der Waals surface area contributed by atoms with E-state index in [0.717, 1.165) is 34.7 Å². The number of carbonyl (C=O) groups is 1. The Bertz CT molecular complexity index is 1180. The van der Waals surface area contributed by atoms with Gasteiger partial charge in [-0.05, 0) is 40.8 Å². The summed E-state index contributed by atoms with van der Waals surface area (Å²) in [5, 5.41) is 2.41. The van der Waals surface area contributed by atoms with Gasteiger partial charge in [0.2, 0.25) is 0 Å². The van der Waals surface area contributed by atoms with Crippen LogP contribution in [0.2, 0.25) is 0 Å². The molecule has 1 amide bonds. The van der Waals surface area contributed by atoms with Crippen LogP contribution in [0.3, 0.4) is 0 Å². The Morgan fingerprint density at radius 2 is 1.80 bits per heavy atom. The molecule has 2 aliphatic rings. The Balaban J connectivity index is 1.58. The van der Waals surface area contributed by atoms with Crippen molar-refractivity contribution in [1.29, 1.82) is 0 Å². The Labute approximate surface area is 176 Å². The van der Waals surface area contributed by atoms with Crippen molar-refractivity contribution in [1.82, 2.24) is 9.47 Å². The number of hydrogen-bond acceptors (Lipinski definition) is 2. The molecule has 1 N–H and O–H groups in total. The quantitative estimate of drug-likeness (QED) is 0.726. The van der Waals surface area contributed by atoms with Gasteiger partial charge in [-0.2, -0.15) is 0 Å². The second kappa shape index (κ2) is 7.40. The second-order valence-electron chi connectivity index (χ2n) is 9.12. The largest absolute Gasteiger partial charge is 0.337 e. The first-order valence-electron chi connectivity index (χ1n) is 10.8. The van der Waals surface area contributed by atoms with E-state index in [1.807, 2.05) is 29.6 Å². The zero-order valence-electron chi connectivity index (χ0n) is 17.6. The molecule has 0 spiro atoms. The average molecular weight is 403 g/mol. The molecule has 0 unspecified atom stereocenters. The third-order valence-corrected chi connectivity index (χ3v) is 6.51. The van der Waals surface area contributed by atoms with Gasteiger partial charge in [0, 0.05) is 42.9 Å². The molecule has 0 radical (unpaired) electrons. The minimum atomic E-state index is 0.0711. The van der Waals surface area contributed by atoms with Crippen LogP contribution in [0.1, 0.15) is 18.0 Å². The van der Waals surface area contributed by atoms with Crippen molar-refractivity contribution in [2.45, 2.75) is 18.9 Å². The van der Waals surface area contributed by atoms with Gasteiger partial charge in [-0.1, -0.05) is 36.4 Å². The standard InChI is InChI=1S/C25H27N3O2/c1-26(2)16-24(30)27-13-17-11-21(15-27)25-22(9-10-23(29)28(25)14-17)20-8-7-18-5-3-4-6-19(18)12-20/h3-10,12,17,21H,11,13-16H2,1-2H3/p+1/t17-,21+/m0/s1. The predicted octanol–water partition coefficient (Wildman–Crippen LogP) is 1.76.